The zero-order chi connectivity index (χ0) is 19.2. The zero-order valence-corrected chi connectivity index (χ0v) is 14.5. The van der Waals surface area contributed by atoms with Gasteiger partial charge in [0.05, 0.1) is 23.9 Å². The number of pyridine rings is 2. The predicted molar refractivity (Wildman–Crippen MR) is 97.2 cm³/mol. The molecule has 0 saturated carbocycles. The van der Waals surface area contributed by atoms with E-state index in [1.165, 1.54) is 19.4 Å². The van der Waals surface area contributed by atoms with E-state index in [1.807, 2.05) is 0 Å². The van der Waals surface area contributed by atoms with Gasteiger partial charge in [0.1, 0.15) is 18.1 Å². The molecule has 7 heteroatoms. The molecule has 1 aromatic carbocycles. The van der Waals surface area contributed by atoms with Gasteiger partial charge in [0.15, 0.2) is 12.6 Å². The number of phenolic OH excluding ortho intramolecular Hbond substituents is 1. The van der Waals surface area contributed by atoms with Gasteiger partial charge in [0, 0.05) is 23.5 Å². The third-order valence-electron chi connectivity index (χ3n) is 3.89. The minimum atomic E-state index is -0.154. The minimum absolute atomic E-state index is 0.0742. The first-order valence-corrected chi connectivity index (χ1v) is 8.01. The standard InChI is InChI=1S/C20H16N2O5/c1-26-20-15(8-13(10-23)9-22-20)19-14(4-3-7-21-19)12-27-18-6-2-5-17(25)16(18)11-24/h2-11,25H,12H2,1H3. The van der Waals surface area contributed by atoms with E-state index in [9.17, 15) is 14.7 Å². The molecule has 1 N–H and O–H groups in total. The highest BCUT2D eigenvalue weighted by atomic mass is 16.5. The summed E-state index contributed by atoms with van der Waals surface area (Å²) in [6.07, 6.45) is 4.25. The van der Waals surface area contributed by atoms with Crippen molar-refractivity contribution in [3.63, 3.8) is 0 Å². The van der Waals surface area contributed by atoms with Crippen molar-refractivity contribution in [3.05, 3.63) is 65.5 Å². The molecule has 3 rings (SSSR count). The lowest BCUT2D eigenvalue weighted by atomic mass is 10.1. The number of methoxy groups -OCH3 is 1. The molecule has 0 saturated heterocycles. The highest BCUT2D eigenvalue weighted by Crippen LogP contribution is 2.31. The van der Waals surface area contributed by atoms with Crippen LogP contribution in [0.25, 0.3) is 11.3 Å². The number of rotatable bonds is 7. The van der Waals surface area contributed by atoms with Gasteiger partial charge < -0.3 is 14.6 Å². The Balaban J connectivity index is 1.98. The van der Waals surface area contributed by atoms with Crippen molar-refractivity contribution in [3.8, 4) is 28.6 Å². The molecule has 0 spiro atoms. The summed E-state index contributed by atoms with van der Waals surface area (Å²) in [5.41, 5.74) is 2.25. The van der Waals surface area contributed by atoms with E-state index in [1.54, 1.807) is 36.5 Å². The molecule has 0 fully saturated rings. The number of benzene rings is 1. The van der Waals surface area contributed by atoms with Crippen LogP contribution in [0, 0.1) is 0 Å². The summed E-state index contributed by atoms with van der Waals surface area (Å²) < 4.78 is 11.0. The molecule has 0 atom stereocenters. The summed E-state index contributed by atoms with van der Waals surface area (Å²) in [7, 11) is 1.48. The smallest absolute Gasteiger partial charge is 0.222 e. The number of hydrogen-bond donors (Lipinski definition) is 1. The van der Waals surface area contributed by atoms with Gasteiger partial charge in [0.25, 0.3) is 0 Å². The average Bonchev–Trinajstić information content (AvgIpc) is 2.72. The monoisotopic (exact) mass is 364 g/mol. The second-order valence-electron chi connectivity index (χ2n) is 5.55. The first-order valence-electron chi connectivity index (χ1n) is 8.01. The SMILES string of the molecule is COc1ncc(C=O)cc1-c1ncccc1COc1cccc(O)c1C=O. The molecule has 2 heterocycles. The first kappa shape index (κ1) is 18.1. The van der Waals surface area contributed by atoms with Gasteiger partial charge >= 0.3 is 0 Å². The summed E-state index contributed by atoms with van der Waals surface area (Å²) in [6, 6.07) is 9.77. The summed E-state index contributed by atoms with van der Waals surface area (Å²) >= 11 is 0. The molecule has 0 amide bonds. The molecule has 0 radical (unpaired) electrons. The van der Waals surface area contributed by atoms with Gasteiger partial charge in [-0.05, 0) is 24.3 Å². The number of ether oxygens (including phenoxy) is 2. The van der Waals surface area contributed by atoms with E-state index in [4.69, 9.17) is 9.47 Å². The van der Waals surface area contributed by atoms with Crippen LogP contribution in [0.1, 0.15) is 26.3 Å². The van der Waals surface area contributed by atoms with Crippen LogP contribution in [0.5, 0.6) is 17.4 Å². The van der Waals surface area contributed by atoms with Gasteiger partial charge in [-0.25, -0.2) is 4.98 Å². The van der Waals surface area contributed by atoms with Gasteiger partial charge in [0.2, 0.25) is 5.88 Å². The summed E-state index contributed by atoms with van der Waals surface area (Å²) in [5, 5.41) is 9.77. The third-order valence-corrected chi connectivity index (χ3v) is 3.89. The number of carbonyl (C=O) groups excluding carboxylic acids is 2. The Morgan fingerprint density at radius 3 is 2.70 bits per heavy atom. The van der Waals surface area contributed by atoms with Gasteiger partial charge in [-0.15, -0.1) is 0 Å². The quantitative estimate of drug-likeness (QED) is 0.643. The fraction of sp³-hybridized carbons (Fsp3) is 0.100. The molecule has 0 aliphatic carbocycles. The Labute approximate surface area is 155 Å². The lowest BCUT2D eigenvalue weighted by Crippen LogP contribution is -2.03. The number of phenols is 1. The van der Waals surface area contributed by atoms with E-state index >= 15 is 0 Å². The van der Waals surface area contributed by atoms with Crippen molar-refractivity contribution < 1.29 is 24.2 Å². The van der Waals surface area contributed by atoms with E-state index in [0.29, 0.717) is 40.8 Å². The molecule has 0 aliphatic heterocycles. The van der Waals surface area contributed by atoms with Crippen molar-refractivity contribution in [1.29, 1.82) is 0 Å². The van der Waals surface area contributed by atoms with Crippen molar-refractivity contribution >= 4 is 12.6 Å². The third kappa shape index (κ3) is 3.77. The number of carbonyl (C=O) groups is 2. The Kier molecular flexibility index (Phi) is 5.41. The van der Waals surface area contributed by atoms with Gasteiger partial charge in [-0.2, -0.15) is 0 Å². The Morgan fingerprint density at radius 2 is 1.96 bits per heavy atom. The van der Waals surface area contributed by atoms with Gasteiger partial charge in [-0.1, -0.05) is 12.1 Å². The second-order valence-corrected chi connectivity index (χ2v) is 5.55. The largest absolute Gasteiger partial charge is 0.507 e. The lowest BCUT2D eigenvalue weighted by molar-refractivity contribution is 0.111. The number of aldehydes is 2. The van der Waals surface area contributed by atoms with Crippen molar-refractivity contribution in [1.82, 2.24) is 9.97 Å². The van der Waals surface area contributed by atoms with Crippen LogP contribution in [0.4, 0.5) is 0 Å². The van der Waals surface area contributed by atoms with Crippen LogP contribution in [0.3, 0.4) is 0 Å². The highest BCUT2D eigenvalue weighted by molar-refractivity contribution is 5.83. The fourth-order valence-electron chi connectivity index (χ4n) is 2.59. The molecular formula is C20H16N2O5. The number of hydrogen-bond acceptors (Lipinski definition) is 7. The van der Waals surface area contributed by atoms with E-state index in [0.717, 1.165) is 0 Å². The minimum Gasteiger partial charge on any atom is -0.507 e. The molecule has 3 aromatic rings. The maximum atomic E-state index is 11.2. The number of aromatic nitrogens is 2. The second kappa shape index (κ2) is 8.09. The normalized spacial score (nSPS) is 10.3. The molecule has 0 bridgehead atoms. The molecule has 2 aromatic heterocycles. The Hall–Kier alpha value is -3.74. The van der Waals surface area contributed by atoms with Crippen LogP contribution >= 0.6 is 0 Å². The summed E-state index contributed by atoms with van der Waals surface area (Å²) in [4.78, 5) is 30.8. The highest BCUT2D eigenvalue weighted by Gasteiger charge is 2.15. The zero-order valence-electron chi connectivity index (χ0n) is 14.5. The molecule has 0 unspecified atom stereocenters. The van der Waals surface area contributed by atoms with Crippen LogP contribution in [0.15, 0.2) is 48.8 Å². The number of nitrogens with zero attached hydrogens (tertiary/aromatic N) is 2. The molecule has 7 nitrogen and oxygen atoms in total. The lowest BCUT2D eigenvalue weighted by Gasteiger charge is -2.13. The Morgan fingerprint density at radius 1 is 1.11 bits per heavy atom. The fourth-order valence-corrected chi connectivity index (χ4v) is 2.59. The molecule has 136 valence electrons. The number of aromatic hydroxyl groups is 1. The van der Waals surface area contributed by atoms with Crippen LogP contribution in [-0.2, 0) is 6.61 Å². The van der Waals surface area contributed by atoms with E-state index < -0.39 is 0 Å². The summed E-state index contributed by atoms with van der Waals surface area (Å²) in [5.74, 6) is 0.427. The Bertz CT molecular complexity index is 988. The molecular weight excluding hydrogens is 348 g/mol. The molecule has 0 aliphatic rings. The van der Waals surface area contributed by atoms with E-state index in [2.05, 4.69) is 9.97 Å². The topological polar surface area (TPSA) is 98.6 Å². The van der Waals surface area contributed by atoms with Gasteiger partial charge in [-0.3, -0.25) is 14.6 Å². The maximum absolute atomic E-state index is 11.2. The van der Waals surface area contributed by atoms with E-state index in [-0.39, 0.29) is 23.7 Å². The van der Waals surface area contributed by atoms with Crippen molar-refractivity contribution in [2.24, 2.45) is 0 Å². The van der Waals surface area contributed by atoms with Crippen LogP contribution in [-0.4, -0.2) is 34.8 Å². The maximum Gasteiger partial charge on any atom is 0.222 e. The van der Waals surface area contributed by atoms with Crippen molar-refractivity contribution in [2.75, 3.05) is 7.11 Å². The molecule has 27 heavy (non-hydrogen) atoms. The van der Waals surface area contributed by atoms with Crippen LogP contribution < -0.4 is 9.47 Å². The van der Waals surface area contributed by atoms with Crippen LogP contribution in [0.2, 0.25) is 0 Å². The summed E-state index contributed by atoms with van der Waals surface area (Å²) in [6.45, 7) is 0.0853. The average molecular weight is 364 g/mol. The van der Waals surface area contributed by atoms with Crippen molar-refractivity contribution in [2.45, 2.75) is 6.61 Å². The first-order chi connectivity index (χ1) is 13.2. The predicted octanol–water partition coefficient (Wildman–Crippen LogP) is 3.06.